The molecule has 0 aromatic carbocycles. The van der Waals surface area contributed by atoms with Crippen LogP contribution in [0.2, 0.25) is 0 Å². The Morgan fingerprint density at radius 2 is 2.09 bits per heavy atom. The van der Waals surface area contributed by atoms with Gasteiger partial charge in [-0.05, 0) is 12.8 Å². The summed E-state index contributed by atoms with van der Waals surface area (Å²) in [4.78, 5) is 3.91. The lowest BCUT2D eigenvalue weighted by Crippen LogP contribution is -2.13. The van der Waals surface area contributed by atoms with Crippen molar-refractivity contribution in [3.63, 3.8) is 0 Å². The molecular weight excluding hydrogens is 148 g/mol. The van der Waals surface area contributed by atoms with E-state index in [4.69, 9.17) is 15.1 Å². The summed E-state index contributed by atoms with van der Waals surface area (Å²) >= 11 is 0. The number of methoxy groups -OCH3 is 1. The third-order valence-electron chi connectivity index (χ3n) is 1.55. The summed E-state index contributed by atoms with van der Waals surface area (Å²) in [6.45, 7) is 0.462. The van der Waals surface area contributed by atoms with E-state index in [9.17, 15) is 0 Å². The summed E-state index contributed by atoms with van der Waals surface area (Å²) in [6.07, 6.45) is 2.27. The van der Waals surface area contributed by atoms with E-state index in [0.29, 0.717) is 6.42 Å². The Hall–Kier alpha value is -0.160. The van der Waals surface area contributed by atoms with Crippen LogP contribution in [0.25, 0.3) is 0 Å². The molecule has 1 unspecified atom stereocenters. The van der Waals surface area contributed by atoms with Crippen molar-refractivity contribution in [2.45, 2.75) is 25.4 Å². The molecule has 0 radical (unpaired) electrons. The molecule has 1 atom stereocenters. The van der Waals surface area contributed by atoms with Gasteiger partial charge in [0, 0.05) is 20.1 Å². The van der Waals surface area contributed by atoms with Gasteiger partial charge in [0.25, 0.3) is 0 Å². The van der Waals surface area contributed by atoms with Gasteiger partial charge in [0.2, 0.25) is 0 Å². The highest BCUT2D eigenvalue weighted by atomic mass is 17.1. The Kier molecular flexibility index (Phi) is 7.83. The van der Waals surface area contributed by atoms with Crippen molar-refractivity contribution in [1.82, 2.24) is 0 Å². The topological polar surface area (TPSA) is 58.9 Å². The normalized spacial score (nSPS) is 13.4. The number of hydrogen-bond acceptors (Lipinski definition) is 4. The predicted octanol–water partition coefficient (Wildman–Crippen LogP) is 0.654. The molecule has 0 aromatic heterocycles. The minimum absolute atomic E-state index is 0.0781. The fourth-order valence-corrected chi connectivity index (χ4v) is 0.883. The molecule has 11 heavy (non-hydrogen) atoms. The molecule has 2 N–H and O–H groups in total. The number of aliphatic hydroxyl groups is 1. The summed E-state index contributed by atoms with van der Waals surface area (Å²) in [5, 5.41) is 16.5. The largest absolute Gasteiger partial charge is 0.396 e. The third-order valence-corrected chi connectivity index (χ3v) is 1.55. The average Bonchev–Trinajstić information content (AvgIpc) is 2.05. The molecule has 0 aliphatic carbocycles. The Morgan fingerprint density at radius 3 is 2.55 bits per heavy atom. The summed E-state index contributed by atoms with van der Waals surface area (Å²) in [6, 6.07) is 0. The first-order chi connectivity index (χ1) is 5.35. The smallest absolute Gasteiger partial charge is 0.0844 e. The number of ether oxygens (including phenoxy) is 1. The van der Waals surface area contributed by atoms with Crippen molar-refractivity contribution in [2.24, 2.45) is 0 Å². The van der Waals surface area contributed by atoms with Gasteiger partial charge in [0.15, 0.2) is 0 Å². The number of hydrogen-bond donors (Lipinski definition) is 2. The summed E-state index contributed by atoms with van der Waals surface area (Å²) in [5.41, 5.74) is 0. The van der Waals surface area contributed by atoms with Crippen LogP contribution in [0.4, 0.5) is 0 Å². The van der Waals surface area contributed by atoms with Crippen LogP contribution in [0.3, 0.4) is 0 Å². The zero-order chi connectivity index (χ0) is 8.53. The highest BCUT2D eigenvalue weighted by Crippen LogP contribution is 2.05. The van der Waals surface area contributed by atoms with E-state index >= 15 is 0 Å². The zero-order valence-corrected chi connectivity index (χ0v) is 6.82. The molecule has 0 heterocycles. The first-order valence-corrected chi connectivity index (χ1v) is 3.75. The van der Waals surface area contributed by atoms with Crippen LogP contribution in [0, 0.1) is 0 Å². The molecule has 0 fully saturated rings. The van der Waals surface area contributed by atoms with Crippen LogP contribution < -0.4 is 0 Å². The van der Waals surface area contributed by atoms with Crippen molar-refractivity contribution in [3.8, 4) is 0 Å². The standard InChI is InChI=1S/C7H16O4/c1-10-7(3-2-5-8)4-6-11-9/h7-9H,2-6H2,1H3. The Balaban J connectivity index is 3.25. The van der Waals surface area contributed by atoms with E-state index in [1.165, 1.54) is 0 Å². The zero-order valence-electron chi connectivity index (χ0n) is 6.82. The second-order valence-electron chi connectivity index (χ2n) is 2.35. The molecule has 0 bridgehead atoms. The Morgan fingerprint density at radius 1 is 1.36 bits per heavy atom. The highest BCUT2D eigenvalue weighted by Gasteiger charge is 2.05. The van der Waals surface area contributed by atoms with Gasteiger partial charge in [-0.15, -0.1) is 0 Å². The monoisotopic (exact) mass is 164 g/mol. The van der Waals surface area contributed by atoms with Crippen molar-refractivity contribution in [2.75, 3.05) is 20.3 Å². The maximum Gasteiger partial charge on any atom is 0.0844 e. The lowest BCUT2D eigenvalue weighted by Gasteiger charge is -2.12. The minimum Gasteiger partial charge on any atom is -0.396 e. The van der Waals surface area contributed by atoms with Gasteiger partial charge in [0.05, 0.1) is 12.7 Å². The van der Waals surface area contributed by atoms with Gasteiger partial charge in [-0.25, -0.2) is 4.89 Å². The van der Waals surface area contributed by atoms with E-state index in [2.05, 4.69) is 4.89 Å². The molecule has 0 aliphatic heterocycles. The van der Waals surface area contributed by atoms with Crippen molar-refractivity contribution in [1.29, 1.82) is 0 Å². The fourth-order valence-electron chi connectivity index (χ4n) is 0.883. The second kappa shape index (κ2) is 7.94. The highest BCUT2D eigenvalue weighted by molar-refractivity contribution is 4.56. The molecule has 68 valence electrons. The predicted molar refractivity (Wildman–Crippen MR) is 40.3 cm³/mol. The molecule has 0 saturated carbocycles. The minimum atomic E-state index is 0.0781. The van der Waals surface area contributed by atoms with Gasteiger partial charge in [-0.1, -0.05) is 0 Å². The van der Waals surface area contributed by atoms with Crippen LogP contribution in [0.1, 0.15) is 19.3 Å². The van der Waals surface area contributed by atoms with Gasteiger partial charge in [0.1, 0.15) is 0 Å². The first kappa shape index (κ1) is 10.8. The molecule has 0 aliphatic rings. The third kappa shape index (κ3) is 6.25. The van der Waals surface area contributed by atoms with Gasteiger partial charge in [-0.3, -0.25) is 5.26 Å². The van der Waals surface area contributed by atoms with Crippen LogP contribution in [0.5, 0.6) is 0 Å². The Bertz CT molecular complexity index is 68.8. The van der Waals surface area contributed by atoms with Gasteiger partial charge < -0.3 is 9.84 Å². The molecule has 0 spiro atoms. The number of aliphatic hydroxyl groups excluding tert-OH is 1. The maximum absolute atomic E-state index is 8.50. The first-order valence-electron chi connectivity index (χ1n) is 3.75. The Labute approximate surface area is 66.7 Å². The SMILES string of the molecule is COC(CCCO)CCOO. The quantitative estimate of drug-likeness (QED) is 0.428. The number of rotatable bonds is 7. The molecule has 4 heteroatoms. The van der Waals surface area contributed by atoms with Crippen LogP contribution >= 0.6 is 0 Å². The second-order valence-corrected chi connectivity index (χ2v) is 2.35. The molecule has 0 rings (SSSR count). The molecule has 0 aromatic rings. The van der Waals surface area contributed by atoms with Crippen LogP contribution in [-0.4, -0.2) is 36.8 Å². The summed E-state index contributed by atoms with van der Waals surface area (Å²) < 4.78 is 5.05. The average molecular weight is 164 g/mol. The van der Waals surface area contributed by atoms with Gasteiger partial charge >= 0.3 is 0 Å². The molecular formula is C7H16O4. The van der Waals surface area contributed by atoms with E-state index in [-0.39, 0.29) is 19.3 Å². The van der Waals surface area contributed by atoms with E-state index < -0.39 is 0 Å². The van der Waals surface area contributed by atoms with E-state index in [1.807, 2.05) is 0 Å². The lowest BCUT2D eigenvalue weighted by atomic mass is 10.1. The maximum atomic E-state index is 8.50. The van der Waals surface area contributed by atoms with E-state index in [0.717, 1.165) is 12.8 Å². The van der Waals surface area contributed by atoms with Crippen LogP contribution in [-0.2, 0) is 9.62 Å². The summed E-state index contributed by atoms with van der Waals surface area (Å²) in [5.74, 6) is 0. The van der Waals surface area contributed by atoms with Crippen LogP contribution in [0.15, 0.2) is 0 Å². The van der Waals surface area contributed by atoms with Crippen molar-refractivity contribution in [3.05, 3.63) is 0 Å². The van der Waals surface area contributed by atoms with E-state index in [1.54, 1.807) is 7.11 Å². The lowest BCUT2D eigenvalue weighted by molar-refractivity contribution is -0.246. The van der Waals surface area contributed by atoms with Crippen molar-refractivity contribution >= 4 is 0 Å². The molecule has 4 nitrogen and oxygen atoms in total. The fraction of sp³-hybridized carbons (Fsp3) is 1.00. The van der Waals surface area contributed by atoms with Crippen molar-refractivity contribution < 1.29 is 20.0 Å². The summed E-state index contributed by atoms with van der Waals surface area (Å²) in [7, 11) is 1.61. The molecule has 0 saturated heterocycles. The van der Waals surface area contributed by atoms with Gasteiger partial charge in [-0.2, -0.15) is 0 Å². The molecule has 0 amide bonds.